The molecule has 12 heteroatoms. The molecule has 0 saturated heterocycles. The van der Waals surface area contributed by atoms with Crippen molar-refractivity contribution >= 4 is 78.0 Å². The Balaban J connectivity index is 0.000000177. The number of thiophene rings is 2. The van der Waals surface area contributed by atoms with Gasteiger partial charge in [-0.1, -0.05) is 71.7 Å². The SMILES string of the molecule is CCOC(=O)c1cccc(-c2ccc(Cl)c3cc(Cc4ccc(F)c(F)c4)sc23)c1.O=C(O)c1cccc(-c2ccc(Cl)c3cc(Cc4ccc(F)c(F)c4)sc23)c1. The molecule has 0 aliphatic heterocycles. The van der Waals surface area contributed by atoms with E-state index in [2.05, 4.69) is 0 Å². The average molecular weight is 858 g/mol. The zero-order chi connectivity index (χ0) is 41.1. The number of carboxylic acid groups (broad SMARTS) is 1. The van der Waals surface area contributed by atoms with Gasteiger partial charge in [0.2, 0.25) is 0 Å². The van der Waals surface area contributed by atoms with Crippen molar-refractivity contribution in [3.8, 4) is 22.3 Å². The third-order valence-electron chi connectivity index (χ3n) is 9.19. The molecule has 0 bridgehead atoms. The zero-order valence-corrected chi connectivity index (χ0v) is 33.6. The van der Waals surface area contributed by atoms with Gasteiger partial charge in [0.15, 0.2) is 23.3 Å². The molecule has 0 aliphatic rings. The molecule has 0 spiro atoms. The minimum Gasteiger partial charge on any atom is -0.478 e. The maximum Gasteiger partial charge on any atom is 0.338 e. The predicted molar refractivity (Wildman–Crippen MR) is 226 cm³/mol. The number of benzene rings is 6. The van der Waals surface area contributed by atoms with Crippen molar-refractivity contribution in [2.24, 2.45) is 0 Å². The number of carbonyl (C=O) groups excluding carboxylic acids is 1. The van der Waals surface area contributed by atoms with Crippen LogP contribution < -0.4 is 0 Å². The molecule has 0 saturated carbocycles. The number of halogens is 6. The second-order valence-corrected chi connectivity index (χ2v) is 16.2. The average Bonchev–Trinajstić information content (AvgIpc) is 3.84. The second-order valence-electron chi connectivity index (χ2n) is 13.1. The normalized spacial score (nSPS) is 11.1. The molecular weight excluding hydrogens is 828 g/mol. The third-order valence-corrected chi connectivity index (χ3v) is 12.2. The first kappa shape index (κ1) is 40.7. The number of carbonyl (C=O) groups is 2. The van der Waals surface area contributed by atoms with E-state index in [0.717, 1.165) is 64.3 Å². The number of carboxylic acids is 1. The number of hydrogen-bond donors (Lipinski definition) is 1. The molecule has 0 fully saturated rings. The molecule has 1 N–H and O–H groups in total. The van der Waals surface area contributed by atoms with Crippen LogP contribution in [0.1, 0.15) is 48.5 Å². The highest BCUT2D eigenvalue weighted by molar-refractivity contribution is 7.20. The summed E-state index contributed by atoms with van der Waals surface area (Å²) < 4.78 is 60.4. The Kier molecular flexibility index (Phi) is 12.3. The van der Waals surface area contributed by atoms with Gasteiger partial charge in [-0.2, -0.15) is 0 Å². The number of hydrogen-bond acceptors (Lipinski definition) is 5. The van der Waals surface area contributed by atoms with Crippen LogP contribution in [0.25, 0.3) is 42.4 Å². The van der Waals surface area contributed by atoms with Crippen LogP contribution in [0.2, 0.25) is 10.0 Å². The van der Waals surface area contributed by atoms with Gasteiger partial charge in [-0.25, -0.2) is 27.2 Å². The molecular formula is C46H30Cl2F4O4S2. The lowest BCUT2D eigenvalue weighted by molar-refractivity contribution is 0.0525. The van der Waals surface area contributed by atoms with Crippen LogP contribution >= 0.6 is 45.9 Å². The molecule has 2 heterocycles. The Morgan fingerprint density at radius 3 is 1.50 bits per heavy atom. The lowest BCUT2D eigenvalue weighted by Crippen LogP contribution is -2.04. The van der Waals surface area contributed by atoms with Crippen LogP contribution in [-0.4, -0.2) is 23.7 Å². The summed E-state index contributed by atoms with van der Waals surface area (Å²) >= 11 is 15.8. The van der Waals surface area contributed by atoms with E-state index in [-0.39, 0.29) is 11.5 Å². The Morgan fingerprint density at radius 1 is 0.586 bits per heavy atom. The van der Waals surface area contributed by atoms with Crippen LogP contribution in [0.3, 0.4) is 0 Å². The zero-order valence-electron chi connectivity index (χ0n) is 30.4. The van der Waals surface area contributed by atoms with Crippen LogP contribution in [0.15, 0.2) is 121 Å². The summed E-state index contributed by atoms with van der Waals surface area (Å²) in [5, 5.41) is 12.2. The number of rotatable bonds is 9. The van der Waals surface area contributed by atoms with E-state index >= 15 is 0 Å². The van der Waals surface area contributed by atoms with Gasteiger partial charge < -0.3 is 9.84 Å². The highest BCUT2D eigenvalue weighted by Crippen LogP contribution is 2.41. The van der Waals surface area contributed by atoms with E-state index in [1.807, 2.05) is 48.5 Å². The lowest BCUT2D eigenvalue weighted by Gasteiger charge is -2.07. The van der Waals surface area contributed by atoms with Gasteiger partial charge in [-0.15, -0.1) is 22.7 Å². The summed E-state index contributed by atoms with van der Waals surface area (Å²) in [6.07, 6.45) is 0.913. The van der Waals surface area contributed by atoms with Gasteiger partial charge in [-0.05, 0) is 113 Å². The third kappa shape index (κ3) is 8.95. The fourth-order valence-electron chi connectivity index (χ4n) is 6.46. The largest absolute Gasteiger partial charge is 0.478 e. The number of ether oxygens (including phenoxy) is 1. The molecule has 8 rings (SSSR count). The Hall–Kier alpha value is -5.52. The lowest BCUT2D eigenvalue weighted by atomic mass is 10.0. The van der Waals surface area contributed by atoms with E-state index < -0.39 is 29.2 Å². The molecule has 0 radical (unpaired) electrons. The van der Waals surface area contributed by atoms with Crippen LogP contribution in [0.5, 0.6) is 0 Å². The van der Waals surface area contributed by atoms with Crippen LogP contribution in [0.4, 0.5) is 17.6 Å². The molecule has 0 atom stereocenters. The van der Waals surface area contributed by atoms with Crippen LogP contribution in [0, 0.1) is 23.3 Å². The van der Waals surface area contributed by atoms with Crippen molar-refractivity contribution in [3.05, 3.63) is 187 Å². The molecule has 0 amide bonds. The fraction of sp³-hybridized carbons (Fsp3) is 0.0870. The maximum absolute atomic E-state index is 13.6. The van der Waals surface area contributed by atoms with Gasteiger partial charge in [0.1, 0.15) is 0 Å². The monoisotopic (exact) mass is 856 g/mol. The summed E-state index contributed by atoms with van der Waals surface area (Å²) in [6.45, 7) is 2.08. The summed E-state index contributed by atoms with van der Waals surface area (Å²) in [5.74, 6) is -4.82. The number of esters is 1. The van der Waals surface area contributed by atoms with E-state index in [9.17, 15) is 32.3 Å². The van der Waals surface area contributed by atoms with E-state index in [1.165, 1.54) is 23.5 Å². The first-order valence-corrected chi connectivity index (χ1v) is 20.2. The minimum atomic E-state index is -0.989. The van der Waals surface area contributed by atoms with E-state index in [1.54, 1.807) is 66.8 Å². The van der Waals surface area contributed by atoms with Gasteiger partial charge in [0.25, 0.3) is 0 Å². The minimum absolute atomic E-state index is 0.208. The summed E-state index contributed by atoms with van der Waals surface area (Å²) in [6, 6.07) is 33.1. The fourth-order valence-corrected chi connectivity index (χ4v) is 9.50. The van der Waals surface area contributed by atoms with Crippen molar-refractivity contribution in [1.29, 1.82) is 0 Å². The Labute approximate surface area is 348 Å². The molecule has 2 aromatic heterocycles. The van der Waals surface area contributed by atoms with Gasteiger partial charge in [0, 0.05) is 52.8 Å². The molecule has 58 heavy (non-hydrogen) atoms. The summed E-state index contributed by atoms with van der Waals surface area (Å²) in [7, 11) is 0. The van der Waals surface area contributed by atoms with Gasteiger partial charge >= 0.3 is 11.9 Å². The van der Waals surface area contributed by atoms with Crippen molar-refractivity contribution in [2.75, 3.05) is 6.61 Å². The quantitative estimate of drug-likeness (QED) is 0.116. The first-order valence-electron chi connectivity index (χ1n) is 17.8. The van der Waals surface area contributed by atoms with Gasteiger partial charge in [0.05, 0.1) is 17.7 Å². The molecule has 0 unspecified atom stereocenters. The second kappa shape index (κ2) is 17.5. The smallest absolute Gasteiger partial charge is 0.338 e. The molecule has 0 aliphatic carbocycles. The maximum atomic E-state index is 13.6. The number of fused-ring (bicyclic) bond motifs is 2. The molecule has 292 valence electrons. The highest BCUT2D eigenvalue weighted by atomic mass is 35.5. The van der Waals surface area contributed by atoms with Crippen molar-refractivity contribution in [3.63, 3.8) is 0 Å². The summed E-state index contributed by atoms with van der Waals surface area (Å²) in [5.41, 5.74) is 5.52. The van der Waals surface area contributed by atoms with Crippen molar-refractivity contribution in [1.82, 2.24) is 0 Å². The molecule has 6 aromatic carbocycles. The standard InChI is InChI=1S/C24H17ClF2O2S.C22H13ClF2O2S/c1-2-29-24(28)16-5-3-4-15(12-16)18-7-8-20(25)19-13-17(30-23(18)19)10-14-6-9-21(26)22(27)11-14;23-18-6-5-16(13-2-1-3-14(10-13)22(26)27)21-17(18)11-15(28-21)8-12-4-7-19(24)20(25)9-12/h3-9,11-13H,2,10H2,1H3;1-7,9-11H,8H2,(H,26,27). The summed E-state index contributed by atoms with van der Waals surface area (Å²) in [4.78, 5) is 25.3. The Bertz CT molecular complexity index is 2850. The van der Waals surface area contributed by atoms with Gasteiger partial charge in [-0.3, -0.25) is 0 Å². The van der Waals surface area contributed by atoms with E-state index in [0.29, 0.717) is 46.2 Å². The van der Waals surface area contributed by atoms with Crippen molar-refractivity contribution < 1.29 is 37.0 Å². The molecule has 4 nitrogen and oxygen atoms in total. The molecule has 8 aromatic rings. The highest BCUT2D eigenvalue weighted by Gasteiger charge is 2.16. The van der Waals surface area contributed by atoms with Crippen molar-refractivity contribution in [2.45, 2.75) is 19.8 Å². The topological polar surface area (TPSA) is 63.6 Å². The van der Waals surface area contributed by atoms with E-state index in [4.69, 9.17) is 27.9 Å². The first-order chi connectivity index (χ1) is 27.9. The predicted octanol–water partition coefficient (Wildman–Crippen LogP) is 14.1. The Morgan fingerprint density at radius 2 is 1.05 bits per heavy atom. The number of aromatic carboxylic acids is 1. The van der Waals surface area contributed by atoms with Crippen LogP contribution in [-0.2, 0) is 17.6 Å².